The molecule has 1 aliphatic rings. The van der Waals surface area contributed by atoms with Gasteiger partial charge in [-0.2, -0.15) is 0 Å². The second kappa shape index (κ2) is 8.60. The van der Waals surface area contributed by atoms with E-state index in [2.05, 4.69) is 52.1 Å². The molecule has 1 saturated heterocycles. The van der Waals surface area contributed by atoms with Crippen LogP contribution in [0.3, 0.4) is 0 Å². The molecule has 1 aromatic heterocycles. The first-order valence-corrected chi connectivity index (χ1v) is 10.8. The monoisotopic (exact) mass is 405 g/mol. The zero-order chi connectivity index (χ0) is 21.1. The molecule has 0 bridgehead atoms. The van der Waals surface area contributed by atoms with E-state index in [9.17, 15) is 4.79 Å². The van der Waals surface area contributed by atoms with Crippen molar-refractivity contribution in [2.75, 3.05) is 19.8 Å². The molecule has 5 nitrogen and oxygen atoms in total. The molecular weight excluding hydrogens is 374 g/mol. The van der Waals surface area contributed by atoms with Gasteiger partial charge in [0.2, 0.25) is 5.91 Å². The van der Waals surface area contributed by atoms with Crippen molar-refractivity contribution in [2.24, 2.45) is 5.92 Å². The smallest absolute Gasteiger partial charge is 0.224 e. The quantitative estimate of drug-likeness (QED) is 0.670. The molecule has 0 radical (unpaired) electrons. The molecule has 3 aromatic rings. The van der Waals surface area contributed by atoms with E-state index in [1.54, 1.807) is 0 Å². The van der Waals surface area contributed by atoms with Crippen molar-refractivity contribution in [1.82, 2.24) is 14.9 Å². The summed E-state index contributed by atoms with van der Waals surface area (Å²) in [6, 6.07) is 16.8. The van der Waals surface area contributed by atoms with Gasteiger partial charge in [-0.1, -0.05) is 48.9 Å². The second-order valence-electron chi connectivity index (χ2n) is 8.64. The molecule has 1 atom stereocenters. The number of fused-ring (bicyclic) bond motifs is 1. The van der Waals surface area contributed by atoms with E-state index >= 15 is 0 Å². The van der Waals surface area contributed by atoms with Crippen molar-refractivity contribution in [1.29, 1.82) is 0 Å². The van der Waals surface area contributed by atoms with Gasteiger partial charge in [0.1, 0.15) is 5.82 Å². The van der Waals surface area contributed by atoms with Crippen molar-refractivity contribution in [3.8, 4) is 0 Å². The zero-order valence-corrected chi connectivity index (χ0v) is 18.1. The fourth-order valence-corrected chi connectivity index (χ4v) is 4.52. The SMILES string of the molecule is Cc1cccc(C2(CNC(=O)[C@@H](C)Cn3c(C)nc4ccccc43)CCOCC2)c1. The molecule has 2 heterocycles. The van der Waals surface area contributed by atoms with E-state index < -0.39 is 0 Å². The third-order valence-electron chi connectivity index (χ3n) is 6.43. The molecule has 5 heteroatoms. The number of aromatic nitrogens is 2. The molecule has 0 unspecified atom stereocenters. The molecule has 30 heavy (non-hydrogen) atoms. The van der Waals surface area contributed by atoms with Crippen LogP contribution in [-0.2, 0) is 21.5 Å². The minimum atomic E-state index is -0.143. The molecule has 1 amide bonds. The van der Waals surface area contributed by atoms with Crippen molar-refractivity contribution < 1.29 is 9.53 Å². The second-order valence-corrected chi connectivity index (χ2v) is 8.64. The molecule has 4 rings (SSSR count). The van der Waals surface area contributed by atoms with E-state index in [0.29, 0.717) is 13.1 Å². The van der Waals surface area contributed by atoms with Gasteiger partial charge in [0, 0.05) is 31.7 Å². The Hall–Kier alpha value is -2.66. The maximum Gasteiger partial charge on any atom is 0.224 e. The number of aryl methyl sites for hydroxylation is 2. The number of carbonyl (C=O) groups is 1. The first-order valence-electron chi connectivity index (χ1n) is 10.8. The fraction of sp³-hybridized carbons (Fsp3) is 0.440. The average Bonchev–Trinajstić information content (AvgIpc) is 3.07. The van der Waals surface area contributed by atoms with E-state index in [1.807, 2.05) is 32.0 Å². The van der Waals surface area contributed by atoms with Crippen LogP contribution in [0.2, 0.25) is 0 Å². The van der Waals surface area contributed by atoms with Gasteiger partial charge in [0.25, 0.3) is 0 Å². The van der Waals surface area contributed by atoms with Crippen LogP contribution >= 0.6 is 0 Å². The molecular formula is C25H31N3O2. The maximum atomic E-state index is 13.0. The largest absolute Gasteiger partial charge is 0.381 e. The molecule has 0 aliphatic carbocycles. The Balaban J connectivity index is 1.47. The number of rotatable bonds is 6. The molecule has 158 valence electrons. The summed E-state index contributed by atoms with van der Waals surface area (Å²) in [5.41, 5.74) is 4.55. The lowest BCUT2D eigenvalue weighted by atomic mass is 9.73. The lowest BCUT2D eigenvalue weighted by Crippen LogP contribution is -2.46. The predicted molar refractivity (Wildman–Crippen MR) is 120 cm³/mol. The Kier molecular flexibility index (Phi) is 5.91. The maximum absolute atomic E-state index is 13.0. The predicted octanol–water partition coefficient (Wildman–Crippen LogP) is 4.15. The van der Waals surface area contributed by atoms with Gasteiger partial charge in [0.05, 0.1) is 17.0 Å². The first kappa shape index (κ1) is 20.6. The average molecular weight is 406 g/mol. The number of benzene rings is 2. The molecule has 0 spiro atoms. The Labute approximate surface area is 178 Å². The van der Waals surface area contributed by atoms with Crippen molar-refractivity contribution in [3.05, 3.63) is 65.5 Å². The summed E-state index contributed by atoms with van der Waals surface area (Å²) in [5, 5.41) is 3.26. The van der Waals surface area contributed by atoms with Crippen LogP contribution in [0.4, 0.5) is 0 Å². The Morgan fingerprint density at radius 1 is 1.17 bits per heavy atom. The zero-order valence-electron chi connectivity index (χ0n) is 18.1. The molecule has 2 aromatic carbocycles. The highest BCUT2D eigenvalue weighted by atomic mass is 16.5. The number of hydrogen-bond acceptors (Lipinski definition) is 3. The topological polar surface area (TPSA) is 56.2 Å². The van der Waals surface area contributed by atoms with Crippen LogP contribution in [0, 0.1) is 19.8 Å². The first-order chi connectivity index (χ1) is 14.5. The minimum absolute atomic E-state index is 0.0583. The number of imidazole rings is 1. The van der Waals surface area contributed by atoms with E-state index in [1.165, 1.54) is 11.1 Å². The highest BCUT2D eigenvalue weighted by Gasteiger charge is 2.35. The van der Waals surface area contributed by atoms with Gasteiger partial charge in [0.15, 0.2) is 0 Å². The number of para-hydroxylation sites is 2. The van der Waals surface area contributed by atoms with E-state index in [0.717, 1.165) is 42.9 Å². The normalized spacial score (nSPS) is 17.0. The Morgan fingerprint density at radius 3 is 2.70 bits per heavy atom. The van der Waals surface area contributed by atoms with Crippen molar-refractivity contribution in [3.63, 3.8) is 0 Å². The minimum Gasteiger partial charge on any atom is -0.381 e. The van der Waals surface area contributed by atoms with Crippen LogP contribution in [0.5, 0.6) is 0 Å². The summed E-state index contributed by atoms with van der Waals surface area (Å²) in [5.74, 6) is 0.887. The van der Waals surface area contributed by atoms with Crippen LogP contribution < -0.4 is 5.32 Å². The fourth-order valence-electron chi connectivity index (χ4n) is 4.52. The summed E-state index contributed by atoms with van der Waals surface area (Å²) in [6.07, 6.45) is 1.85. The summed E-state index contributed by atoms with van der Waals surface area (Å²) in [4.78, 5) is 17.6. The summed E-state index contributed by atoms with van der Waals surface area (Å²) >= 11 is 0. The third-order valence-corrected chi connectivity index (χ3v) is 6.43. The van der Waals surface area contributed by atoms with Gasteiger partial charge >= 0.3 is 0 Å². The number of carbonyl (C=O) groups excluding carboxylic acids is 1. The van der Waals surface area contributed by atoms with Gasteiger partial charge in [-0.25, -0.2) is 4.98 Å². The number of nitrogens with zero attached hydrogens (tertiary/aromatic N) is 2. The summed E-state index contributed by atoms with van der Waals surface area (Å²) in [6.45, 7) is 8.85. The number of ether oxygens (including phenoxy) is 1. The highest BCUT2D eigenvalue weighted by Crippen LogP contribution is 2.34. The summed E-state index contributed by atoms with van der Waals surface area (Å²) in [7, 11) is 0. The number of nitrogens with one attached hydrogen (secondary N) is 1. The van der Waals surface area contributed by atoms with Gasteiger partial charge in [-0.15, -0.1) is 0 Å². The lowest BCUT2D eigenvalue weighted by Gasteiger charge is -2.38. The van der Waals surface area contributed by atoms with Crippen LogP contribution in [0.25, 0.3) is 11.0 Å². The molecule has 0 saturated carbocycles. The molecule has 1 fully saturated rings. The van der Waals surface area contributed by atoms with Crippen molar-refractivity contribution in [2.45, 2.75) is 45.6 Å². The Bertz CT molecular complexity index is 1030. The van der Waals surface area contributed by atoms with Gasteiger partial charge in [-0.3, -0.25) is 4.79 Å². The van der Waals surface area contributed by atoms with Crippen LogP contribution in [-0.4, -0.2) is 35.2 Å². The standard InChI is InChI=1S/C25H31N3O2/c1-18-7-6-8-21(15-18)25(11-13-30-14-12-25)17-26-24(29)19(2)16-28-20(3)27-22-9-4-5-10-23(22)28/h4-10,15,19H,11-14,16-17H2,1-3H3,(H,26,29)/t19-/m0/s1. The van der Waals surface area contributed by atoms with Crippen LogP contribution in [0.1, 0.15) is 36.7 Å². The number of hydrogen-bond donors (Lipinski definition) is 1. The van der Waals surface area contributed by atoms with Gasteiger partial charge in [-0.05, 0) is 44.4 Å². The van der Waals surface area contributed by atoms with Crippen LogP contribution in [0.15, 0.2) is 48.5 Å². The molecule has 1 N–H and O–H groups in total. The third kappa shape index (κ3) is 4.12. The van der Waals surface area contributed by atoms with E-state index in [-0.39, 0.29) is 17.2 Å². The number of amides is 1. The highest BCUT2D eigenvalue weighted by molar-refractivity contribution is 5.79. The Morgan fingerprint density at radius 2 is 1.93 bits per heavy atom. The van der Waals surface area contributed by atoms with Gasteiger partial charge < -0.3 is 14.6 Å². The van der Waals surface area contributed by atoms with E-state index in [4.69, 9.17) is 4.74 Å². The van der Waals surface area contributed by atoms with Crippen molar-refractivity contribution >= 4 is 16.9 Å². The summed E-state index contributed by atoms with van der Waals surface area (Å²) < 4.78 is 7.78. The lowest BCUT2D eigenvalue weighted by molar-refractivity contribution is -0.125. The molecule has 1 aliphatic heterocycles.